The number of hydrogen-bond acceptors (Lipinski definition) is 3. The molecule has 3 heteroatoms. The van der Waals surface area contributed by atoms with Gasteiger partial charge in [0.1, 0.15) is 18.3 Å². The molecular formula is C16H18O3. The number of phenols is 2. The maximum atomic E-state index is 9.30. The van der Waals surface area contributed by atoms with Gasteiger partial charge >= 0.3 is 0 Å². The van der Waals surface area contributed by atoms with Crippen LogP contribution in [0.25, 0.3) is 0 Å². The van der Waals surface area contributed by atoms with E-state index in [0.717, 1.165) is 11.1 Å². The van der Waals surface area contributed by atoms with E-state index in [9.17, 15) is 10.2 Å². The van der Waals surface area contributed by atoms with Crippen molar-refractivity contribution in [3.63, 3.8) is 0 Å². The van der Waals surface area contributed by atoms with Crippen LogP contribution >= 0.6 is 0 Å². The molecule has 0 aliphatic rings. The minimum absolute atomic E-state index is 0.151. The quantitative estimate of drug-likeness (QED) is 0.869. The Balaban J connectivity index is 0.000000861. The first-order chi connectivity index (χ1) is 9.00. The molecule has 19 heavy (non-hydrogen) atoms. The van der Waals surface area contributed by atoms with Crippen molar-refractivity contribution in [1.82, 2.24) is 0 Å². The van der Waals surface area contributed by atoms with E-state index in [-0.39, 0.29) is 16.9 Å². The van der Waals surface area contributed by atoms with Crippen LogP contribution in [0.3, 0.4) is 0 Å². The van der Waals surface area contributed by atoms with Gasteiger partial charge in [-0.05, 0) is 35.4 Å². The summed E-state index contributed by atoms with van der Waals surface area (Å²) in [4.78, 5) is 8.00. The highest BCUT2D eigenvalue weighted by atomic mass is 16.3. The van der Waals surface area contributed by atoms with Crippen LogP contribution in [0, 0.1) is 0 Å². The third-order valence-electron chi connectivity index (χ3n) is 3.18. The van der Waals surface area contributed by atoms with Gasteiger partial charge in [0, 0.05) is 5.41 Å². The Bertz CT molecular complexity index is 465. The SMILES string of the molecule is C=O.CC(C)(c1ccc(O)cc1)c1ccc(O)cc1. The molecule has 2 rings (SSSR count). The summed E-state index contributed by atoms with van der Waals surface area (Å²) in [7, 11) is 0. The molecule has 0 fully saturated rings. The Hall–Kier alpha value is -2.29. The minimum Gasteiger partial charge on any atom is -0.508 e. The molecule has 0 bridgehead atoms. The molecule has 0 saturated carbocycles. The Morgan fingerprint density at radius 1 is 0.737 bits per heavy atom. The summed E-state index contributed by atoms with van der Waals surface area (Å²) in [5.41, 5.74) is 2.10. The van der Waals surface area contributed by atoms with Crippen molar-refractivity contribution in [1.29, 1.82) is 0 Å². The number of carbonyl (C=O) groups excluding carboxylic acids is 1. The molecule has 3 nitrogen and oxygen atoms in total. The lowest BCUT2D eigenvalue weighted by molar-refractivity contribution is -0.0979. The predicted octanol–water partition coefficient (Wildman–Crippen LogP) is 3.24. The van der Waals surface area contributed by atoms with Crippen LogP contribution in [0.5, 0.6) is 11.5 Å². The van der Waals surface area contributed by atoms with Gasteiger partial charge in [0.25, 0.3) is 0 Å². The molecular weight excluding hydrogens is 240 g/mol. The van der Waals surface area contributed by atoms with Crippen molar-refractivity contribution in [2.24, 2.45) is 0 Å². The molecule has 0 aliphatic carbocycles. The summed E-state index contributed by atoms with van der Waals surface area (Å²) in [5, 5.41) is 18.6. The molecule has 0 amide bonds. The summed E-state index contributed by atoms with van der Waals surface area (Å²) in [6.07, 6.45) is 0. The van der Waals surface area contributed by atoms with Crippen molar-refractivity contribution in [2.75, 3.05) is 0 Å². The van der Waals surface area contributed by atoms with Crippen LogP contribution < -0.4 is 0 Å². The van der Waals surface area contributed by atoms with Gasteiger partial charge in [-0.15, -0.1) is 0 Å². The van der Waals surface area contributed by atoms with Gasteiger partial charge in [-0.1, -0.05) is 38.1 Å². The average Bonchev–Trinajstić information content (AvgIpc) is 2.42. The second-order valence-corrected chi connectivity index (χ2v) is 4.72. The molecule has 0 aliphatic heterocycles. The number of rotatable bonds is 2. The number of aromatic hydroxyl groups is 2. The van der Waals surface area contributed by atoms with Gasteiger partial charge < -0.3 is 15.0 Å². The molecule has 100 valence electrons. The van der Waals surface area contributed by atoms with Crippen molar-refractivity contribution in [2.45, 2.75) is 19.3 Å². The van der Waals surface area contributed by atoms with Gasteiger partial charge in [0.2, 0.25) is 0 Å². The largest absolute Gasteiger partial charge is 0.508 e. The molecule has 2 aromatic carbocycles. The third-order valence-corrected chi connectivity index (χ3v) is 3.18. The number of phenolic OH excluding ortho intramolecular Hbond substituents is 2. The molecule has 0 saturated heterocycles. The Morgan fingerprint density at radius 3 is 1.26 bits per heavy atom. The van der Waals surface area contributed by atoms with Crippen molar-refractivity contribution in [3.8, 4) is 11.5 Å². The molecule has 2 N–H and O–H groups in total. The van der Waals surface area contributed by atoms with Crippen LogP contribution in [0.4, 0.5) is 0 Å². The minimum atomic E-state index is -0.151. The first-order valence-corrected chi connectivity index (χ1v) is 5.88. The van der Waals surface area contributed by atoms with Gasteiger partial charge in [-0.3, -0.25) is 0 Å². The van der Waals surface area contributed by atoms with Crippen LogP contribution in [0.2, 0.25) is 0 Å². The summed E-state index contributed by atoms with van der Waals surface area (Å²) in [5.74, 6) is 0.547. The molecule has 0 spiro atoms. The van der Waals surface area contributed by atoms with E-state index in [4.69, 9.17) is 4.79 Å². The lowest BCUT2D eigenvalue weighted by atomic mass is 9.78. The number of carbonyl (C=O) groups is 1. The molecule has 0 atom stereocenters. The maximum Gasteiger partial charge on any atom is 0.115 e. The third kappa shape index (κ3) is 3.35. The van der Waals surface area contributed by atoms with Gasteiger partial charge in [-0.2, -0.15) is 0 Å². The first-order valence-electron chi connectivity index (χ1n) is 5.88. The van der Waals surface area contributed by atoms with E-state index in [1.54, 1.807) is 24.3 Å². The average molecular weight is 258 g/mol. The fourth-order valence-corrected chi connectivity index (χ4v) is 1.92. The topological polar surface area (TPSA) is 57.5 Å². The van der Waals surface area contributed by atoms with E-state index in [1.807, 2.05) is 31.1 Å². The Morgan fingerprint density at radius 2 is 1.00 bits per heavy atom. The van der Waals surface area contributed by atoms with E-state index < -0.39 is 0 Å². The molecule has 0 unspecified atom stereocenters. The second-order valence-electron chi connectivity index (χ2n) is 4.72. The van der Waals surface area contributed by atoms with Crippen LogP contribution in [0.15, 0.2) is 48.5 Å². The maximum absolute atomic E-state index is 9.30. The summed E-state index contributed by atoms with van der Waals surface area (Å²) in [6, 6.07) is 14.4. The van der Waals surface area contributed by atoms with Crippen molar-refractivity contribution >= 4 is 6.79 Å². The fraction of sp³-hybridized carbons (Fsp3) is 0.188. The van der Waals surface area contributed by atoms with Crippen molar-refractivity contribution in [3.05, 3.63) is 59.7 Å². The smallest absolute Gasteiger partial charge is 0.115 e. The number of benzene rings is 2. The standard InChI is InChI=1S/C15H16O2.CH2O/c1-15(2,11-3-7-13(16)8-4-11)12-5-9-14(17)10-6-12;1-2/h3-10,16-17H,1-2H3;1H2. The van der Waals surface area contributed by atoms with Gasteiger partial charge in [0.05, 0.1) is 0 Å². The molecule has 0 radical (unpaired) electrons. The Labute approximate surface area is 113 Å². The van der Waals surface area contributed by atoms with Gasteiger partial charge in [0.15, 0.2) is 0 Å². The van der Waals surface area contributed by atoms with Crippen LogP contribution in [-0.2, 0) is 10.2 Å². The van der Waals surface area contributed by atoms with Gasteiger partial charge in [-0.25, -0.2) is 0 Å². The number of hydrogen-bond donors (Lipinski definition) is 2. The highest BCUT2D eigenvalue weighted by molar-refractivity contribution is 5.41. The summed E-state index contributed by atoms with van der Waals surface area (Å²) in [6.45, 7) is 6.23. The molecule has 2 aromatic rings. The fourth-order valence-electron chi connectivity index (χ4n) is 1.92. The zero-order valence-corrected chi connectivity index (χ0v) is 11.1. The predicted molar refractivity (Wildman–Crippen MR) is 75.5 cm³/mol. The monoisotopic (exact) mass is 258 g/mol. The summed E-state index contributed by atoms with van der Waals surface area (Å²) < 4.78 is 0. The second kappa shape index (κ2) is 6.05. The highest BCUT2D eigenvalue weighted by Crippen LogP contribution is 2.32. The van der Waals surface area contributed by atoms with E-state index >= 15 is 0 Å². The zero-order valence-electron chi connectivity index (χ0n) is 11.1. The summed E-state index contributed by atoms with van der Waals surface area (Å²) >= 11 is 0. The van der Waals surface area contributed by atoms with Crippen molar-refractivity contribution < 1.29 is 15.0 Å². The zero-order chi connectivity index (χ0) is 14.5. The molecule has 0 aromatic heterocycles. The van der Waals surface area contributed by atoms with E-state index in [2.05, 4.69) is 13.8 Å². The van der Waals surface area contributed by atoms with Crippen LogP contribution in [-0.4, -0.2) is 17.0 Å². The lowest BCUT2D eigenvalue weighted by Crippen LogP contribution is -2.18. The van der Waals surface area contributed by atoms with E-state index in [1.165, 1.54) is 0 Å². The lowest BCUT2D eigenvalue weighted by Gasteiger charge is -2.26. The Kier molecular flexibility index (Phi) is 4.70. The normalized spacial score (nSPS) is 10.4. The highest BCUT2D eigenvalue weighted by Gasteiger charge is 2.22. The molecule has 0 heterocycles. The van der Waals surface area contributed by atoms with E-state index in [0.29, 0.717) is 0 Å². The van der Waals surface area contributed by atoms with Crippen LogP contribution in [0.1, 0.15) is 25.0 Å². The first kappa shape index (κ1) is 14.8.